The average molecular weight is 381 g/mol. The monoisotopic (exact) mass is 381 g/mol. The third-order valence-electron chi connectivity index (χ3n) is 3.83. The van der Waals surface area contributed by atoms with Crippen molar-refractivity contribution >= 4 is 17.6 Å². The first kappa shape index (κ1) is 19.1. The lowest BCUT2D eigenvalue weighted by atomic mass is 10.2. The molecule has 2 aromatic carbocycles. The number of ether oxygens (including phenoxy) is 2. The van der Waals surface area contributed by atoms with Crippen molar-refractivity contribution in [2.45, 2.75) is 13.3 Å². The maximum Gasteiger partial charge on any atom is 0.337 e. The third-order valence-corrected chi connectivity index (χ3v) is 3.83. The van der Waals surface area contributed by atoms with Crippen LogP contribution in [0.15, 0.2) is 52.9 Å². The summed E-state index contributed by atoms with van der Waals surface area (Å²) in [5.41, 5.74) is 1.73. The van der Waals surface area contributed by atoms with Crippen molar-refractivity contribution in [3.63, 3.8) is 0 Å². The summed E-state index contributed by atoms with van der Waals surface area (Å²) in [6.07, 6.45) is 0.675. The molecule has 1 amide bonds. The van der Waals surface area contributed by atoms with Gasteiger partial charge in [-0.3, -0.25) is 4.79 Å². The van der Waals surface area contributed by atoms with Crippen LogP contribution in [0.25, 0.3) is 11.5 Å². The number of rotatable bonds is 7. The number of nitrogens with zero attached hydrogens (tertiary/aromatic N) is 2. The summed E-state index contributed by atoms with van der Waals surface area (Å²) < 4.78 is 15.6. The molecule has 0 aliphatic heterocycles. The fraction of sp³-hybridized carbons (Fsp3) is 0.200. The number of nitrogens with one attached hydrogen (secondary N) is 1. The van der Waals surface area contributed by atoms with Gasteiger partial charge in [-0.25, -0.2) is 4.79 Å². The average Bonchev–Trinajstić information content (AvgIpc) is 3.22. The summed E-state index contributed by atoms with van der Waals surface area (Å²) in [5.74, 6) is 0.800. The molecule has 0 radical (unpaired) electrons. The van der Waals surface area contributed by atoms with Gasteiger partial charge in [-0.05, 0) is 48.5 Å². The largest absolute Gasteiger partial charge is 0.484 e. The summed E-state index contributed by atoms with van der Waals surface area (Å²) >= 11 is 0. The van der Waals surface area contributed by atoms with E-state index in [2.05, 4.69) is 20.3 Å². The molecule has 0 aliphatic carbocycles. The number of hydrogen-bond acceptors (Lipinski definition) is 7. The van der Waals surface area contributed by atoms with E-state index in [0.29, 0.717) is 35.2 Å². The van der Waals surface area contributed by atoms with Crippen LogP contribution < -0.4 is 10.1 Å². The number of aromatic nitrogens is 2. The molecule has 3 aromatic rings. The number of aryl methyl sites for hydroxylation is 1. The van der Waals surface area contributed by atoms with Gasteiger partial charge in [-0.2, -0.15) is 0 Å². The summed E-state index contributed by atoms with van der Waals surface area (Å²) in [5, 5.41) is 10.6. The maximum absolute atomic E-state index is 12.0. The Balaban J connectivity index is 1.52. The predicted octanol–water partition coefficient (Wildman–Crippen LogP) is 3.10. The molecule has 0 fully saturated rings. The van der Waals surface area contributed by atoms with E-state index in [9.17, 15) is 9.59 Å². The van der Waals surface area contributed by atoms with Gasteiger partial charge in [0.25, 0.3) is 5.91 Å². The molecule has 1 heterocycles. The summed E-state index contributed by atoms with van der Waals surface area (Å²) in [7, 11) is 1.31. The second kappa shape index (κ2) is 8.81. The number of esters is 1. The quantitative estimate of drug-likeness (QED) is 0.627. The van der Waals surface area contributed by atoms with E-state index in [0.717, 1.165) is 5.56 Å². The molecule has 144 valence electrons. The van der Waals surface area contributed by atoms with E-state index in [4.69, 9.17) is 9.15 Å². The number of amides is 1. The Hall–Kier alpha value is -3.68. The zero-order valence-corrected chi connectivity index (χ0v) is 15.5. The molecule has 1 N–H and O–H groups in total. The van der Waals surface area contributed by atoms with Gasteiger partial charge in [0.05, 0.1) is 12.7 Å². The molecule has 0 bridgehead atoms. The minimum absolute atomic E-state index is 0.154. The van der Waals surface area contributed by atoms with Crippen LogP contribution in [-0.4, -0.2) is 35.8 Å². The highest BCUT2D eigenvalue weighted by Crippen LogP contribution is 2.21. The van der Waals surface area contributed by atoms with Crippen LogP contribution in [0.5, 0.6) is 5.75 Å². The highest BCUT2D eigenvalue weighted by Gasteiger charge is 2.09. The number of benzene rings is 2. The molecular weight excluding hydrogens is 362 g/mol. The first-order valence-electron chi connectivity index (χ1n) is 8.63. The zero-order chi connectivity index (χ0) is 19.9. The Labute approximate surface area is 161 Å². The van der Waals surface area contributed by atoms with Gasteiger partial charge in [-0.15, -0.1) is 10.2 Å². The lowest BCUT2D eigenvalue weighted by Gasteiger charge is -2.08. The highest BCUT2D eigenvalue weighted by atomic mass is 16.5. The van der Waals surface area contributed by atoms with E-state index in [1.807, 2.05) is 6.92 Å². The van der Waals surface area contributed by atoms with Gasteiger partial charge in [0.1, 0.15) is 5.75 Å². The van der Waals surface area contributed by atoms with Crippen LogP contribution in [0.3, 0.4) is 0 Å². The van der Waals surface area contributed by atoms with Crippen molar-refractivity contribution < 1.29 is 23.5 Å². The summed E-state index contributed by atoms with van der Waals surface area (Å²) in [4.78, 5) is 23.4. The van der Waals surface area contributed by atoms with Crippen molar-refractivity contribution in [2.24, 2.45) is 0 Å². The SMILES string of the molecule is CCc1nnc(-c2ccc(OCC(=O)Nc3ccc(C(=O)OC)cc3)cc2)o1. The lowest BCUT2D eigenvalue weighted by Crippen LogP contribution is -2.20. The molecule has 8 heteroatoms. The second-order valence-electron chi connectivity index (χ2n) is 5.78. The van der Waals surface area contributed by atoms with Gasteiger partial charge in [-0.1, -0.05) is 6.92 Å². The van der Waals surface area contributed by atoms with Gasteiger partial charge in [0.2, 0.25) is 11.8 Å². The Morgan fingerprint density at radius 3 is 2.36 bits per heavy atom. The number of carbonyl (C=O) groups excluding carboxylic acids is 2. The lowest BCUT2D eigenvalue weighted by molar-refractivity contribution is -0.118. The van der Waals surface area contributed by atoms with Crippen molar-refractivity contribution in [3.8, 4) is 17.2 Å². The molecule has 0 atom stereocenters. The van der Waals surface area contributed by atoms with E-state index < -0.39 is 5.97 Å². The molecule has 0 unspecified atom stereocenters. The highest BCUT2D eigenvalue weighted by molar-refractivity contribution is 5.93. The molecule has 0 spiro atoms. The molecule has 1 aromatic heterocycles. The maximum atomic E-state index is 12.0. The number of anilines is 1. The Kier molecular flexibility index (Phi) is 6.01. The van der Waals surface area contributed by atoms with Crippen molar-refractivity contribution in [1.29, 1.82) is 0 Å². The number of hydrogen-bond donors (Lipinski definition) is 1. The van der Waals surface area contributed by atoms with E-state index in [1.165, 1.54) is 7.11 Å². The number of carbonyl (C=O) groups is 2. The fourth-order valence-electron chi connectivity index (χ4n) is 2.36. The zero-order valence-electron chi connectivity index (χ0n) is 15.5. The number of methoxy groups -OCH3 is 1. The predicted molar refractivity (Wildman–Crippen MR) is 101 cm³/mol. The Bertz CT molecular complexity index is 949. The van der Waals surface area contributed by atoms with E-state index in [-0.39, 0.29) is 12.5 Å². The second-order valence-corrected chi connectivity index (χ2v) is 5.78. The molecule has 0 aliphatic rings. The molecular formula is C20H19N3O5. The minimum atomic E-state index is -0.434. The molecule has 0 saturated carbocycles. The standard InChI is InChI=1S/C20H19N3O5/c1-3-18-22-23-19(28-18)13-6-10-16(11-7-13)27-12-17(24)21-15-8-4-14(5-9-15)20(25)26-2/h4-11H,3,12H2,1-2H3,(H,21,24). The fourth-order valence-corrected chi connectivity index (χ4v) is 2.36. The van der Waals surface area contributed by atoms with Gasteiger partial charge in [0, 0.05) is 17.7 Å². The van der Waals surface area contributed by atoms with Crippen molar-refractivity contribution in [2.75, 3.05) is 19.0 Å². The normalized spacial score (nSPS) is 10.4. The van der Waals surface area contributed by atoms with Crippen molar-refractivity contribution in [3.05, 3.63) is 60.0 Å². The van der Waals surface area contributed by atoms with E-state index in [1.54, 1.807) is 48.5 Å². The van der Waals surface area contributed by atoms with Crippen LogP contribution in [0.4, 0.5) is 5.69 Å². The smallest absolute Gasteiger partial charge is 0.337 e. The minimum Gasteiger partial charge on any atom is -0.484 e. The van der Waals surface area contributed by atoms with Crippen LogP contribution in [0, 0.1) is 0 Å². The van der Waals surface area contributed by atoms with Crippen LogP contribution >= 0.6 is 0 Å². The Morgan fingerprint density at radius 2 is 1.75 bits per heavy atom. The van der Waals surface area contributed by atoms with Crippen molar-refractivity contribution in [1.82, 2.24) is 10.2 Å². The van der Waals surface area contributed by atoms with Crippen LogP contribution in [-0.2, 0) is 16.0 Å². The van der Waals surface area contributed by atoms with Crippen LogP contribution in [0.2, 0.25) is 0 Å². The Morgan fingerprint density at radius 1 is 1.04 bits per heavy atom. The van der Waals surface area contributed by atoms with Gasteiger partial charge in [0.15, 0.2) is 6.61 Å². The summed E-state index contributed by atoms with van der Waals surface area (Å²) in [6, 6.07) is 13.4. The molecule has 3 rings (SSSR count). The van der Waals surface area contributed by atoms with Gasteiger partial charge >= 0.3 is 5.97 Å². The first-order valence-corrected chi connectivity index (χ1v) is 8.63. The van der Waals surface area contributed by atoms with Crippen LogP contribution in [0.1, 0.15) is 23.2 Å². The third kappa shape index (κ3) is 4.73. The molecule has 28 heavy (non-hydrogen) atoms. The van der Waals surface area contributed by atoms with E-state index >= 15 is 0 Å². The summed E-state index contributed by atoms with van der Waals surface area (Å²) in [6.45, 7) is 1.78. The molecule has 0 saturated heterocycles. The first-order chi connectivity index (χ1) is 13.6. The topological polar surface area (TPSA) is 104 Å². The molecule has 8 nitrogen and oxygen atoms in total. The van der Waals surface area contributed by atoms with Gasteiger partial charge < -0.3 is 19.2 Å².